The van der Waals surface area contributed by atoms with Gasteiger partial charge in [0.25, 0.3) is 5.91 Å². The predicted molar refractivity (Wildman–Crippen MR) is 143 cm³/mol. The Morgan fingerprint density at radius 1 is 0.971 bits per heavy atom. The van der Waals surface area contributed by atoms with Gasteiger partial charge in [-0.05, 0) is 47.5 Å². The molecule has 0 radical (unpaired) electrons. The van der Waals surface area contributed by atoms with Crippen LogP contribution in [-0.2, 0) is 4.79 Å². The summed E-state index contributed by atoms with van der Waals surface area (Å²) in [5.41, 5.74) is 3.68. The number of hydrogen-bond acceptors (Lipinski definition) is 5. The number of halogens is 1. The molecule has 8 heteroatoms. The third-order valence-corrected chi connectivity index (χ3v) is 7.24. The van der Waals surface area contributed by atoms with E-state index in [0.717, 1.165) is 26.2 Å². The molecule has 0 bridgehead atoms. The number of aryl methyl sites for hydroxylation is 1. The summed E-state index contributed by atoms with van der Waals surface area (Å²) >= 11 is 4.80. The van der Waals surface area contributed by atoms with Crippen molar-refractivity contribution in [2.75, 3.05) is 11.9 Å². The molecule has 1 aromatic heterocycles. The van der Waals surface area contributed by atoms with Crippen LogP contribution in [0.25, 0.3) is 10.6 Å². The zero-order chi connectivity index (χ0) is 24.8. The molecule has 0 spiro atoms. The maximum absolute atomic E-state index is 13.5. The maximum atomic E-state index is 13.5. The highest BCUT2D eigenvalue weighted by atomic mass is 79.9. The van der Waals surface area contributed by atoms with Crippen LogP contribution < -0.4 is 5.32 Å². The quantitative estimate of drug-likeness (QED) is 0.272. The fraction of sp³-hybridized carbons (Fsp3) is 0.185. The van der Waals surface area contributed by atoms with E-state index in [1.807, 2.05) is 86.6 Å². The Bertz CT molecular complexity index is 1310. The van der Waals surface area contributed by atoms with Gasteiger partial charge in [0.05, 0.1) is 11.6 Å². The summed E-state index contributed by atoms with van der Waals surface area (Å²) in [7, 11) is 0. The zero-order valence-electron chi connectivity index (χ0n) is 19.4. The van der Waals surface area contributed by atoms with Gasteiger partial charge in [-0.3, -0.25) is 9.59 Å². The van der Waals surface area contributed by atoms with Gasteiger partial charge in [-0.1, -0.05) is 83.6 Å². The SMILES string of the molecule is Cc1ccc(-c2nnc(NC(=O)CCN(C(=O)c3ccccc3Br)C(C)c3ccccc3)s2)cc1. The van der Waals surface area contributed by atoms with E-state index in [1.165, 1.54) is 11.3 Å². The molecule has 1 unspecified atom stereocenters. The van der Waals surface area contributed by atoms with Crippen molar-refractivity contribution in [1.29, 1.82) is 0 Å². The molecule has 1 atom stereocenters. The Balaban J connectivity index is 1.46. The lowest BCUT2D eigenvalue weighted by Gasteiger charge is -2.30. The molecule has 1 N–H and O–H groups in total. The van der Waals surface area contributed by atoms with Crippen LogP contribution >= 0.6 is 27.3 Å². The van der Waals surface area contributed by atoms with E-state index in [-0.39, 0.29) is 30.8 Å². The van der Waals surface area contributed by atoms with Crippen LogP contribution in [0.3, 0.4) is 0 Å². The molecule has 0 aliphatic heterocycles. The van der Waals surface area contributed by atoms with Crippen LogP contribution in [-0.4, -0.2) is 33.5 Å². The van der Waals surface area contributed by atoms with E-state index < -0.39 is 0 Å². The summed E-state index contributed by atoms with van der Waals surface area (Å²) in [5.74, 6) is -0.360. The van der Waals surface area contributed by atoms with Crippen molar-refractivity contribution in [1.82, 2.24) is 15.1 Å². The highest BCUT2D eigenvalue weighted by molar-refractivity contribution is 9.10. The second kappa shape index (κ2) is 11.4. The summed E-state index contributed by atoms with van der Waals surface area (Å²) in [4.78, 5) is 28.0. The highest BCUT2D eigenvalue weighted by Crippen LogP contribution is 2.28. The van der Waals surface area contributed by atoms with Crippen molar-refractivity contribution in [3.63, 3.8) is 0 Å². The third-order valence-electron chi connectivity index (χ3n) is 5.66. The first-order valence-electron chi connectivity index (χ1n) is 11.2. The van der Waals surface area contributed by atoms with E-state index in [0.29, 0.717) is 10.7 Å². The average molecular weight is 549 g/mol. The first-order chi connectivity index (χ1) is 16.9. The molecule has 178 valence electrons. The standard InChI is InChI=1S/C27H25BrN4O2S/c1-18-12-14-21(15-13-18)25-30-31-27(35-25)29-24(33)16-17-32(19(2)20-8-4-3-5-9-20)26(34)22-10-6-7-11-23(22)28/h3-15,19H,16-17H2,1-2H3,(H,29,31,33). The van der Waals surface area contributed by atoms with Crippen molar-refractivity contribution in [3.05, 3.63) is 100 Å². The number of nitrogens with one attached hydrogen (secondary N) is 1. The lowest BCUT2D eigenvalue weighted by molar-refractivity contribution is -0.116. The van der Waals surface area contributed by atoms with E-state index in [9.17, 15) is 9.59 Å². The molecule has 0 aliphatic carbocycles. The van der Waals surface area contributed by atoms with Crippen LogP contribution in [0.1, 0.15) is 40.9 Å². The molecule has 1 heterocycles. The Morgan fingerprint density at radius 3 is 2.37 bits per heavy atom. The summed E-state index contributed by atoms with van der Waals surface area (Å²) in [6, 6.07) is 24.9. The number of aromatic nitrogens is 2. The molecule has 35 heavy (non-hydrogen) atoms. The number of anilines is 1. The van der Waals surface area contributed by atoms with Gasteiger partial charge in [-0.2, -0.15) is 0 Å². The van der Waals surface area contributed by atoms with Gasteiger partial charge in [0, 0.05) is 23.0 Å². The van der Waals surface area contributed by atoms with Crippen LogP contribution in [0, 0.1) is 6.92 Å². The molecule has 6 nitrogen and oxygen atoms in total. The zero-order valence-corrected chi connectivity index (χ0v) is 21.8. The number of hydrogen-bond donors (Lipinski definition) is 1. The van der Waals surface area contributed by atoms with Crippen molar-refractivity contribution < 1.29 is 9.59 Å². The first kappa shape index (κ1) is 24.8. The minimum atomic E-state index is -0.221. The Morgan fingerprint density at radius 2 is 1.66 bits per heavy atom. The number of amides is 2. The average Bonchev–Trinajstić information content (AvgIpc) is 3.33. The number of nitrogens with zero attached hydrogens (tertiary/aromatic N) is 3. The molecule has 0 fully saturated rings. The molecule has 0 saturated heterocycles. The monoisotopic (exact) mass is 548 g/mol. The highest BCUT2D eigenvalue weighted by Gasteiger charge is 2.25. The Labute approximate surface area is 217 Å². The molecule has 0 aliphatic rings. The fourth-order valence-corrected chi connectivity index (χ4v) is 4.88. The van der Waals surface area contributed by atoms with Gasteiger partial charge in [-0.15, -0.1) is 10.2 Å². The summed E-state index contributed by atoms with van der Waals surface area (Å²) in [6.07, 6.45) is 0.132. The molecule has 4 aromatic rings. The molecular weight excluding hydrogens is 524 g/mol. The maximum Gasteiger partial charge on any atom is 0.255 e. The van der Waals surface area contributed by atoms with Crippen molar-refractivity contribution in [2.45, 2.75) is 26.3 Å². The van der Waals surface area contributed by atoms with Crippen molar-refractivity contribution in [3.8, 4) is 10.6 Å². The number of rotatable bonds is 8. The van der Waals surface area contributed by atoms with E-state index in [2.05, 4.69) is 31.4 Å². The van der Waals surface area contributed by atoms with E-state index in [4.69, 9.17) is 0 Å². The van der Waals surface area contributed by atoms with Crippen LogP contribution in [0.2, 0.25) is 0 Å². The topological polar surface area (TPSA) is 75.2 Å². The summed E-state index contributed by atoms with van der Waals surface area (Å²) in [5, 5.41) is 12.3. The van der Waals surface area contributed by atoms with E-state index in [1.54, 1.807) is 11.0 Å². The van der Waals surface area contributed by atoms with Gasteiger partial charge in [0.15, 0.2) is 0 Å². The summed E-state index contributed by atoms with van der Waals surface area (Å²) in [6.45, 7) is 4.25. The van der Waals surface area contributed by atoms with Crippen molar-refractivity contribution >= 4 is 44.2 Å². The minimum absolute atomic E-state index is 0.132. The lowest BCUT2D eigenvalue weighted by Crippen LogP contribution is -2.36. The Kier molecular flexibility index (Phi) is 8.05. The molecule has 0 saturated carbocycles. The smallest absolute Gasteiger partial charge is 0.255 e. The second-order valence-corrected chi connectivity index (χ2v) is 9.97. The second-order valence-electron chi connectivity index (χ2n) is 8.14. The molecular formula is C27H25BrN4O2S. The number of benzene rings is 3. The number of carbonyl (C=O) groups is 2. The fourth-order valence-electron chi connectivity index (χ4n) is 3.66. The van der Waals surface area contributed by atoms with Crippen LogP contribution in [0.4, 0.5) is 5.13 Å². The predicted octanol–water partition coefficient (Wildman–Crippen LogP) is 6.51. The van der Waals surface area contributed by atoms with Gasteiger partial charge in [0.2, 0.25) is 11.0 Å². The van der Waals surface area contributed by atoms with Crippen LogP contribution in [0.5, 0.6) is 0 Å². The first-order valence-corrected chi connectivity index (χ1v) is 12.8. The lowest BCUT2D eigenvalue weighted by atomic mass is 10.0. The third kappa shape index (κ3) is 6.21. The molecule has 2 amide bonds. The molecule has 4 rings (SSSR count). The van der Waals surface area contributed by atoms with E-state index >= 15 is 0 Å². The Hall–Kier alpha value is -3.36. The molecule has 3 aromatic carbocycles. The van der Waals surface area contributed by atoms with Crippen LogP contribution in [0.15, 0.2) is 83.3 Å². The van der Waals surface area contributed by atoms with Gasteiger partial charge in [-0.25, -0.2) is 0 Å². The minimum Gasteiger partial charge on any atom is -0.331 e. The number of carbonyl (C=O) groups excluding carboxylic acids is 2. The summed E-state index contributed by atoms with van der Waals surface area (Å²) < 4.78 is 0.720. The van der Waals surface area contributed by atoms with Gasteiger partial charge in [0.1, 0.15) is 5.01 Å². The largest absolute Gasteiger partial charge is 0.331 e. The van der Waals surface area contributed by atoms with Gasteiger partial charge >= 0.3 is 0 Å². The van der Waals surface area contributed by atoms with Crippen molar-refractivity contribution in [2.24, 2.45) is 0 Å². The normalized spacial score (nSPS) is 11.6. The van der Waals surface area contributed by atoms with Gasteiger partial charge < -0.3 is 10.2 Å².